The fraction of sp³-hybridized carbons (Fsp3) is 0.857. The largest absolute Gasteiger partial charge is 0.355 e. The van der Waals surface area contributed by atoms with E-state index < -0.39 is 0 Å². The minimum atomic E-state index is 0.0869. The molecular weight excluding hydrogens is 242 g/mol. The number of carbonyl (C=O) groups is 2. The number of hydrogen-bond acceptors (Lipinski definition) is 3. The molecule has 0 aromatic heterocycles. The first-order valence-corrected chi connectivity index (χ1v) is 7.53. The van der Waals surface area contributed by atoms with Crippen LogP contribution in [0, 0.1) is 0 Å². The van der Waals surface area contributed by atoms with Gasteiger partial charge in [-0.25, -0.2) is 0 Å². The molecular formula is C14H25N3O2. The Morgan fingerprint density at radius 2 is 1.84 bits per heavy atom. The van der Waals surface area contributed by atoms with E-state index in [1.807, 2.05) is 0 Å². The van der Waals surface area contributed by atoms with Crippen molar-refractivity contribution < 1.29 is 9.59 Å². The van der Waals surface area contributed by atoms with Gasteiger partial charge in [0.2, 0.25) is 11.8 Å². The number of piperidine rings is 1. The number of rotatable bonds is 4. The van der Waals surface area contributed by atoms with Gasteiger partial charge in [0, 0.05) is 25.0 Å². The summed E-state index contributed by atoms with van der Waals surface area (Å²) in [5, 5.41) is 9.15. The Hall–Kier alpha value is -1.10. The lowest BCUT2D eigenvalue weighted by Crippen LogP contribution is -2.49. The standard InChI is InChI=1S/C14H25N3O2/c18-13-8-7-12(9-16-13)15-10-14(19)17-11-5-3-1-2-4-6-11/h11-12,15H,1-10H2,(H,16,18)(H,17,19). The van der Waals surface area contributed by atoms with Crippen LogP contribution in [0.4, 0.5) is 0 Å². The van der Waals surface area contributed by atoms with Gasteiger partial charge in [0.05, 0.1) is 6.54 Å². The summed E-state index contributed by atoms with van der Waals surface area (Å²) in [6, 6.07) is 0.598. The third kappa shape index (κ3) is 5.19. The van der Waals surface area contributed by atoms with Gasteiger partial charge in [-0.1, -0.05) is 25.7 Å². The van der Waals surface area contributed by atoms with Crippen LogP contribution < -0.4 is 16.0 Å². The highest BCUT2D eigenvalue weighted by molar-refractivity contribution is 5.78. The van der Waals surface area contributed by atoms with Crippen molar-refractivity contribution in [3.05, 3.63) is 0 Å². The quantitative estimate of drug-likeness (QED) is 0.657. The molecule has 2 rings (SSSR count). The molecule has 2 fully saturated rings. The van der Waals surface area contributed by atoms with Crippen LogP contribution in [0.1, 0.15) is 51.4 Å². The molecule has 3 N–H and O–H groups in total. The topological polar surface area (TPSA) is 70.2 Å². The molecule has 19 heavy (non-hydrogen) atoms. The average molecular weight is 267 g/mol. The van der Waals surface area contributed by atoms with Gasteiger partial charge in [-0.2, -0.15) is 0 Å². The zero-order valence-corrected chi connectivity index (χ0v) is 11.5. The summed E-state index contributed by atoms with van der Waals surface area (Å²) in [4.78, 5) is 22.9. The van der Waals surface area contributed by atoms with Gasteiger partial charge in [0.1, 0.15) is 0 Å². The van der Waals surface area contributed by atoms with E-state index in [9.17, 15) is 9.59 Å². The molecule has 1 saturated carbocycles. The Labute approximate surface area is 114 Å². The lowest BCUT2D eigenvalue weighted by atomic mass is 10.1. The molecule has 1 heterocycles. The average Bonchev–Trinajstić information content (AvgIpc) is 2.67. The first-order chi connectivity index (χ1) is 9.24. The Morgan fingerprint density at radius 3 is 2.47 bits per heavy atom. The van der Waals surface area contributed by atoms with Gasteiger partial charge in [-0.05, 0) is 19.3 Å². The van der Waals surface area contributed by atoms with Gasteiger partial charge in [0.25, 0.3) is 0 Å². The van der Waals surface area contributed by atoms with Crippen LogP contribution in [0.5, 0.6) is 0 Å². The zero-order valence-electron chi connectivity index (χ0n) is 11.5. The molecule has 0 aromatic rings. The second-order valence-corrected chi connectivity index (χ2v) is 5.68. The highest BCUT2D eigenvalue weighted by atomic mass is 16.2. The van der Waals surface area contributed by atoms with Gasteiger partial charge in [-0.15, -0.1) is 0 Å². The molecule has 5 heteroatoms. The number of nitrogens with one attached hydrogen (secondary N) is 3. The number of hydrogen-bond donors (Lipinski definition) is 3. The Balaban J connectivity index is 1.62. The highest BCUT2D eigenvalue weighted by Crippen LogP contribution is 2.16. The van der Waals surface area contributed by atoms with Crippen molar-refractivity contribution >= 4 is 11.8 Å². The van der Waals surface area contributed by atoms with E-state index in [1.54, 1.807) is 0 Å². The summed E-state index contributed by atoms with van der Waals surface area (Å²) >= 11 is 0. The summed E-state index contributed by atoms with van der Waals surface area (Å²) in [5.74, 6) is 0.199. The number of amides is 2. The summed E-state index contributed by atoms with van der Waals surface area (Å²) in [7, 11) is 0. The van der Waals surface area contributed by atoms with Gasteiger partial charge >= 0.3 is 0 Å². The van der Waals surface area contributed by atoms with Crippen LogP contribution in [-0.4, -0.2) is 37.0 Å². The van der Waals surface area contributed by atoms with Crippen LogP contribution in [0.25, 0.3) is 0 Å². The van der Waals surface area contributed by atoms with Crippen LogP contribution >= 0.6 is 0 Å². The first-order valence-electron chi connectivity index (χ1n) is 7.53. The maximum absolute atomic E-state index is 11.9. The summed E-state index contributed by atoms with van der Waals surface area (Å²) in [6.45, 7) is 0.993. The summed E-state index contributed by atoms with van der Waals surface area (Å²) in [5.41, 5.74) is 0. The van der Waals surface area contributed by atoms with E-state index in [-0.39, 0.29) is 17.9 Å². The van der Waals surface area contributed by atoms with Crippen molar-refractivity contribution in [1.29, 1.82) is 0 Å². The van der Waals surface area contributed by atoms with Crippen molar-refractivity contribution in [2.75, 3.05) is 13.1 Å². The fourth-order valence-electron chi connectivity index (χ4n) is 2.85. The first kappa shape index (κ1) is 14.3. The summed E-state index contributed by atoms with van der Waals surface area (Å²) < 4.78 is 0. The molecule has 2 amide bonds. The smallest absolute Gasteiger partial charge is 0.234 e. The maximum Gasteiger partial charge on any atom is 0.234 e. The molecule has 1 aliphatic carbocycles. The Bertz CT molecular complexity index is 302. The van der Waals surface area contributed by atoms with Crippen molar-refractivity contribution in [1.82, 2.24) is 16.0 Å². The second kappa shape index (κ2) is 7.48. The zero-order chi connectivity index (χ0) is 13.5. The van der Waals surface area contributed by atoms with Crippen LogP contribution in [-0.2, 0) is 9.59 Å². The van der Waals surface area contributed by atoms with E-state index >= 15 is 0 Å². The fourth-order valence-corrected chi connectivity index (χ4v) is 2.85. The van der Waals surface area contributed by atoms with Crippen molar-refractivity contribution in [3.8, 4) is 0 Å². The van der Waals surface area contributed by atoms with Crippen molar-refractivity contribution in [3.63, 3.8) is 0 Å². The van der Waals surface area contributed by atoms with E-state index in [1.165, 1.54) is 25.7 Å². The van der Waals surface area contributed by atoms with Gasteiger partial charge in [-0.3, -0.25) is 9.59 Å². The molecule has 2 aliphatic rings. The van der Waals surface area contributed by atoms with E-state index in [2.05, 4.69) is 16.0 Å². The monoisotopic (exact) mass is 267 g/mol. The SMILES string of the molecule is O=C1CCC(NCC(=O)NC2CCCCCC2)CN1. The molecule has 1 unspecified atom stereocenters. The van der Waals surface area contributed by atoms with Crippen LogP contribution in [0.2, 0.25) is 0 Å². The van der Waals surface area contributed by atoms with E-state index in [4.69, 9.17) is 0 Å². The predicted octanol–water partition coefficient (Wildman–Crippen LogP) is 0.694. The second-order valence-electron chi connectivity index (χ2n) is 5.68. The van der Waals surface area contributed by atoms with Crippen molar-refractivity contribution in [2.24, 2.45) is 0 Å². The molecule has 0 radical (unpaired) electrons. The lowest BCUT2D eigenvalue weighted by Gasteiger charge is -2.24. The van der Waals surface area contributed by atoms with Crippen LogP contribution in [0.3, 0.4) is 0 Å². The molecule has 5 nitrogen and oxygen atoms in total. The predicted molar refractivity (Wildman–Crippen MR) is 73.7 cm³/mol. The third-order valence-corrected chi connectivity index (χ3v) is 4.04. The van der Waals surface area contributed by atoms with Crippen LogP contribution in [0.15, 0.2) is 0 Å². The maximum atomic E-state index is 11.9. The molecule has 1 saturated heterocycles. The highest BCUT2D eigenvalue weighted by Gasteiger charge is 2.19. The molecule has 1 atom stereocenters. The van der Waals surface area contributed by atoms with Gasteiger partial charge < -0.3 is 16.0 Å². The summed E-state index contributed by atoms with van der Waals surface area (Å²) in [6.07, 6.45) is 8.67. The number of carbonyl (C=O) groups excluding carboxylic acids is 2. The third-order valence-electron chi connectivity index (χ3n) is 4.04. The normalized spacial score (nSPS) is 25.5. The van der Waals surface area contributed by atoms with Gasteiger partial charge in [0.15, 0.2) is 0 Å². The molecule has 1 aliphatic heterocycles. The Morgan fingerprint density at radius 1 is 1.11 bits per heavy atom. The minimum Gasteiger partial charge on any atom is -0.355 e. The molecule has 108 valence electrons. The van der Waals surface area contributed by atoms with E-state index in [0.29, 0.717) is 25.6 Å². The lowest BCUT2D eigenvalue weighted by molar-refractivity contribution is -0.122. The van der Waals surface area contributed by atoms with Crippen molar-refractivity contribution in [2.45, 2.75) is 63.5 Å². The molecule has 0 bridgehead atoms. The van der Waals surface area contributed by atoms with E-state index in [0.717, 1.165) is 19.3 Å². The molecule has 0 aromatic carbocycles. The Kier molecular flexibility index (Phi) is 5.63. The minimum absolute atomic E-state index is 0.0869. The molecule has 0 spiro atoms.